The fraction of sp³-hybridized carbons (Fsp3) is 0.391. The molecule has 5 heteroatoms. The van der Waals surface area contributed by atoms with Crippen LogP contribution in [0.4, 0.5) is 0 Å². The molecule has 0 atom stereocenters. The van der Waals surface area contributed by atoms with Gasteiger partial charge < -0.3 is 15.2 Å². The van der Waals surface area contributed by atoms with Crippen molar-refractivity contribution in [2.45, 2.75) is 44.6 Å². The molecule has 2 aliphatic rings. The Balaban J connectivity index is 1.48. The molecule has 1 amide bonds. The maximum Gasteiger partial charge on any atom is 0.251 e. The van der Waals surface area contributed by atoms with Gasteiger partial charge in [0.25, 0.3) is 5.91 Å². The van der Waals surface area contributed by atoms with Gasteiger partial charge in [-0.1, -0.05) is 17.3 Å². The van der Waals surface area contributed by atoms with E-state index >= 15 is 0 Å². The molecule has 2 fully saturated rings. The van der Waals surface area contributed by atoms with Gasteiger partial charge in [-0.3, -0.25) is 4.79 Å². The third-order valence-electron chi connectivity index (χ3n) is 5.94. The minimum absolute atomic E-state index is 0.0134. The lowest BCUT2D eigenvalue weighted by Crippen LogP contribution is -2.26. The average molecular weight is 375 g/mol. The first kappa shape index (κ1) is 17.4. The molecule has 0 spiro atoms. The van der Waals surface area contributed by atoms with Crippen LogP contribution in [0.5, 0.6) is 0 Å². The van der Waals surface area contributed by atoms with E-state index in [0.717, 1.165) is 72.1 Å². The summed E-state index contributed by atoms with van der Waals surface area (Å²) < 4.78 is 5.75. The zero-order valence-electron chi connectivity index (χ0n) is 16.1. The number of carbonyl (C=O) groups is 1. The number of benzene rings is 2. The van der Waals surface area contributed by atoms with Crippen molar-refractivity contribution in [1.29, 1.82) is 0 Å². The fourth-order valence-electron chi connectivity index (χ4n) is 4.08. The van der Waals surface area contributed by atoms with E-state index in [1.165, 1.54) is 0 Å². The topological polar surface area (TPSA) is 67.2 Å². The number of fused-ring (bicyclic) bond motifs is 1. The molecule has 1 aliphatic heterocycles. The van der Waals surface area contributed by atoms with Gasteiger partial charge in [-0.15, -0.1) is 0 Å². The molecule has 0 radical (unpaired) electrons. The van der Waals surface area contributed by atoms with Crippen molar-refractivity contribution in [3.8, 4) is 11.1 Å². The lowest BCUT2D eigenvalue weighted by molar-refractivity contribution is 0.0951. The molecule has 1 saturated heterocycles. The summed E-state index contributed by atoms with van der Waals surface area (Å²) in [5.41, 5.74) is 4.87. The van der Waals surface area contributed by atoms with E-state index in [4.69, 9.17) is 4.52 Å². The standard InChI is InChI=1S/C23H25N3O2/c1-14-2-3-17(23(27)25-18-5-6-18)12-20(14)16-4-7-19-21(13-16)26-28-22(19)15-8-10-24-11-9-15/h2-4,7,12-13,15,18,24H,5-6,8-11H2,1H3,(H,25,27). The highest BCUT2D eigenvalue weighted by Crippen LogP contribution is 2.34. The van der Waals surface area contributed by atoms with Crippen molar-refractivity contribution in [2.24, 2.45) is 0 Å². The van der Waals surface area contributed by atoms with E-state index in [2.05, 4.69) is 40.9 Å². The molecule has 28 heavy (non-hydrogen) atoms. The lowest BCUT2D eigenvalue weighted by Gasteiger charge is -2.20. The molecule has 144 valence electrons. The van der Waals surface area contributed by atoms with Gasteiger partial charge in [0.05, 0.1) is 0 Å². The largest absolute Gasteiger partial charge is 0.360 e. The molecule has 1 aliphatic carbocycles. The van der Waals surface area contributed by atoms with Crippen molar-refractivity contribution in [3.05, 3.63) is 53.3 Å². The summed E-state index contributed by atoms with van der Waals surface area (Å²) in [7, 11) is 0. The summed E-state index contributed by atoms with van der Waals surface area (Å²) in [6.45, 7) is 4.13. The minimum atomic E-state index is 0.0134. The van der Waals surface area contributed by atoms with Gasteiger partial charge in [0.1, 0.15) is 11.3 Å². The monoisotopic (exact) mass is 375 g/mol. The Hall–Kier alpha value is -2.66. The van der Waals surface area contributed by atoms with Crippen LogP contribution in [0.25, 0.3) is 22.0 Å². The van der Waals surface area contributed by atoms with Crippen LogP contribution in [0.3, 0.4) is 0 Å². The zero-order valence-corrected chi connectivity index (χ0v) is 16.1. The van der Waals surface area contributed by atoms with E-state index in [1.807, 2.05) is 18.2 Å². The number of carbonyl (C=O) groups excluding carboxylic acids is 1. The third-order valence-corrected chi connectivity index (χ3v) is 5.94. The number of aromatic nitrogens is 1. The number of piperidine rings is 1. The average Bonchev–Trinajstić information content (AvgIpc) is 3.44. The highest BCUT2D eigenvalue weighted by atomic mass is 16.5. The Labute approximate surface area is 164 Å². The summed E-state index contributed by atoms with van der Waals surface area (Å²) in [6, 6.07) is 12.6. The maximum atomic E-state index is 12.4. The Bertz CT molecular complexity index is 1030. The summed E-state index contributed by atoms with van der Waals surface area (Å²) in [4.78, 5) is 12.4. The van der Waals surface area contributed by atoms with Gasteiger partial charge in [0.15, 0.2) is 0 Å². The van der Waals surface area contributed by atoms with Crippen LogP contribution >= 0.6 is 0 Å². The molecule has 2 aromatic carbocycles. The molecule has 2 N–H and O–H groups in total. The summed E-state index contributed by atoms with van der Waals surface area (Å²) in [5.74, 6) is 1.46. The van der Waals surface area contributed by atoms with Crippen molar-refractivity contribution in [2.75, 3.05) is 13.1 Å². The highest BCUT2D eigenvalue weighted by molar-refractivity contribution is 5.96. The second-order valence-corrected chi connectivity index (χ2v) is 8.08. The Morgan fingerprint density at radius 1 is 1.11 bits per heavy atom. The second-order valence-electron chi connectivity index (χ2n) is 8.08. The predicted molar refractivity (Wildman–Crippen MR) is 110 cm³/mol. The Morgan fingerprint density at radius 3 is 2.71 bits per heavy atom. The first-order chi connectivity index (χ1) is 13.7. The molecule has 1 aromatic heterocycles. The van der Waals surface area contributed by atoms with Gasteiger partial charge >= 0.3 is 0 Å². The van der Waals surface area contributed by atoms with Crippen LogP contribution in [-0.2, 0) is 0 Å². The van der Waals surface area contributed by atoms with Crippen LogP contribution in [0.2, 0.25) is 0 Å². The van der Waals surface area contributed by atoms with Gasteiger partial charge in [-0.05, 0) is 86.7 Å². The number of amides is 1. The van der Waals surface area contributed by atoms with E-state index in [1.54, 1.807) is 0 Å². The number of aryl methyl sites for hydroxylation is 1. The second kappa shape index (κ2) is 7.06. The molecule has 0 unspecified atom stereocenters. The molecule has 5 nitrogen and oxygen atoms in total. The van der Waals surface area contributed by atoms with E-state index in [-0.39, 0.29) is 5.91 Å². The van der Waals surface area contributed by atoms with Crippen molar-refractivity contribution < 1.29 is 9.32 Å². The van der Waals surface area contributed by atoms with E-state index in [9.17, 15) is 4.79 Å². The van der Waals surface area contributed by atoms with Crippen molar-refractivity contribution in [3.63, 3.8) is 0 Å². The zero-order chi connectivity index (χ0) is 19.1. The summed E-state index contributed by atoms with van der Waals surface area (Å²) in [6.07, 6.45) is 4.35. The van der Waals surface area contributed by atoms with Gasteiger partial charge in [0.2, 0.25) is 0 Å². The van der Waals surface area contributed by atoms with Crippen LogP contribution < -0.4 is 10.6 Å². The highest BCUT2D eigenvalue weighted by Gasteiger charge is 2.24. The van der Waals surface area contributed by atoms with Gasteiger partial charge in [-0.2, -0.15) is 0 Å². The Kier molecular flexibility index (Phi) is 4.40. The number of hydrogen-bond donors (Lipinski definition) is 2. The molecule has 3 aromatic rings. The van der Waals surface area contributed by atoms with Crippen LogP contribution in [0.15, 0.2) is 40.9 Å². The molecular weight excluding hydrogens is 350 g/mol. The number of nitrogens with one attached hydrogen (secondary N) is 2. The van der Waals surface area contributed by atoms with E-state index in [0.29, 0.717) is 17.5 Å². The minimum Gasteiger partial charge on any atom is -0.360 e. The van der Waals surface area contributed by atoms with Gasteiger partial charge in [0, 0.05) is 22.9 Å². The fourth-order valence-corrected chi connectivity index (χ4v) is 4.08. The van der Waals surface area contributed by atoms with Crippen molar-refractivity contribution >= 4 is 16.8 Å². The Morgan fingerprint density at radius 2 is 1.93 bits per heavy atom. The lowest BCUT2D eigenvalue weighted by atomic mass is 9.92. The normalized spacial score (nSPS) is 17.8. The van der Waals surface area contributed by atoms with Crippen LogP contribution in [0, 0.1) is 6.92 Å². The van der Waals surface area contributed by atoms with E-state index < -0.39 is 0 Å². The number of hydrogen-bond acceptors (Lipinski definition) is 4. The number of nitrogens with zero attached hydrogens (tertiary/aromatic N) is 1. The first-order valence-corrected chi connectivity index (χ1v) is 10.2. The summed E-state index contributed by atoms with van der Waals surface area (Å²) in [5, 5.41) is 11.9. The van der Waals surface area contributed by atoms with Crippen LogP contribution in [-0.4, -0.2) is 30.2 Å². The molecule has 2 heterocycles. The SMILES string of the molecule is Cc1ccc(C(=O)NC2CC2)cc1-c1ccc2c(C3CCNCC3)onc2c1. The third kappa shape index (κ3) is 3.31. The number of rotatable bonds is 4. The first-order valence-electron chi connectivity index (χ1n) is 10.2. The molecular formula is C23H25N3O2. The predicted octanol–water partition coefficient (Wildman–Crippen LogP) is 4.16. The summed E-state index contributed by atoms with van der Waals surface area (Å²) >= 11 is 0. The smallest absolute Gasteiger partial charge is 0.251 e. The van der Waals surface area contributed by atoms with Crippen LogP contribution in [0.1, 0.15) is 53.3 Å². The maximum absolute atomic E-state index is 12.4. The van der Waals surface area contributed by atoms with Crippen molar-refractivity contribution in [1.82, 2.24) is 15.8 Å². The van der Waals surface area contributed by atoms with Gasteiger partial charge in [-0.25, -0.2) is 0 Å². The molecule has 0 bridgehead atoms. The molecule has 5 rings (SSSR count). The molecule has 1 saturated carbocycles. The quantitative estimate of drug-likeness (QED) is 0.718.